The van der Waals surface area contributed by atoms with E-state index < -0.39 is 24.3 Å². The number of H-pyrrole nitrogens is 2. The van der Waals surface area contributed by atoms with Gasteiger partial charge in [0.25, 0.3) is 0 Å². The van der Waals surface area contributed by atoms with E-state index in [1.807, 2.05) is 22.2 Å². The van der Waals surface area contributed by atoms with Crippen molar-refractivity contribution in [2.75, 3.05) is 40.6 Å². The number of hydrogen-bond acceptors (Lipinski definition) is 10. The first kappa shape index (κ1) is 42.2. The molecule has 338 valence electrons. The molecule has 4 amide bonds. The largest absolute Gasteiger partial charge is 0.453 e. The van der Waals surface area contributed by atoms with Crippen LogP contribution in [0.5, 0.6) is 0 Å². The van der Waals surface area contributed by atoms with Crippen LogP contribution in [0.4, 0.5) is 9.59 Å². The number of hydrogen-bond donors (Lipinski definition) is 4. The number of alkyl carbamates (subject to hydrolysis) is 2. The summed E-state index contributed by atoms with van der Waals surface area (Å²) in [4.78, 5) is 73.7. The number of aromatic amines is 2. The van der Waals surface area contributed by atoms with Crippen molar-refractivity contribution in [2.45, 2.75) is 101 Å². The molecule has 0 radical (unpaired) electrons. The first-order valence-corrected chi connectivity index (χ1v) is 22.8. The van der Waals surface area contributed by atoms with E-state index in [9.17, 15) is 19.2 Å². The lowest BCUT2D eigenvalue weighted by Crippen LogP contribution is -2.62. The molecular formula is C48H58N8O8. The fourth-order valence-corrected chi connectivity index (χ4v) is 11.5. The van der Waals surface area contributed by atoms with Gasteiger partial charge in [-0.05, 0) is 99.3 Å². The molecule has 6 atom stereocenters. The van der Waals surface area contributed by atoms with E-state index in [1.54, 1.807) is 0 Å². The molecular weight excluding hydrogens is 817 g/mol. The number of likely N-dealkylation sites (tertiary alicyclic amines) is 2. The molecule has 4 aromatic rings. The van der Waals surface area contributed by atoms with Crippen LogP contribution in [0.2, 0.25) is 0 Å². The fraction of sp³-hybridized carbons (Fsp3) is 0.542. The summed E-state index contributed by atoms with van der Waals surface area (Å²) in [6.45, 7) is 6.98. The number of aromatic nitrogens is 4. The van der Waals surface area contributed by atoms with Crippen LogP contribution in [-0.4, -0.2) is 119 Å². The predicted octanol–water partition coefficient (Wildman–Crippen LogP) is 6.54. The van der Waals surface area contributed by atoms with Gasteiger partial charge in [0, 0.05) is 22.9 Å². The number of benzene rings is 2. The molecule has 0 bridgehead atoms. The Labute approximate surface area is 372 Å². The van der Waals surface area contributed by atoms with Gasteiger partial charge in [0.05, 0.1) is 76.5 Å². The van der Waals surface area contributed by atoms with Gasteiger partial charge < -0.3 is 49.3 Å². The van der Waals surface area contributed by atoms with Crippen molar-refractivity contribution >= 4 is 24.0 Å². The van der Waals surface area contributed by atoms with Gasteiger partial charge in [0.2, 0.25) is 11.8 Å². The van der Waals surface area contributed by atoms with Crippen molar-refractivity contribution in [2.24, 2.45) is 22.7 Å². The summed E-state index contributed by atoms with van der Waals surface area (Å²) in [7, 11) is 2.64. The summed E-state index contributed by atoms with van der Waals surface area (Å²) in [5.41, 5.74) is 6.08. The Balaban J connectivity index is 0.793. The highest BCUT2D eigenvalue weighted by Crippen LogP contribution is 2.54. The van der Waals surface area contributed by atoms with Gasteiger partial charge in [-0.3, -0.25) is 9.59 Å². The molecule has 6 aliphatic rings. The molecule has 6 heterocycles. The lowest BCUT2D eigenvalue weighted by molar-refractivity contribution is -0.186. The zero-order valence-electron chi connectivity index (χ0n) is 36.9. The Kier molecular flexibility index (Phi) is 11.0. The number of carbonyl (C=O) groups is 4. The van der Waals surface area contributed by atoms with Gasteiger partial charge in [-0.2, -0.15) is 0 Å². The van der Waals surface area contributed by atoms with Gasteiger partial charge in [-0.15, -0.1) is 0 Å². The standard InChI is InChI=1S/C48H58N8O8/c1-27-5-15-37(55(27)43(57)39(53-45(59)61-3)33-17-47(18-33)23-63-24-47)41-49-21-35(51-41)31-11-7-29(8-12-31)30-9-13-32(14-10-30)36-22-50-42(52-36)38-16-6-28(2)56(38)44(58)40(54-46(60)62-4)34-19-48(20-34)25-64-26-48/h7-14,21-22,27-28,33-34,37-40H,5-6,15-20,23-26H2,1-4H3,(H,49,51)(H,50,52)(H,53,59)(H,54,60)/t27-,28-,37-,38-,39-,40-/m0/s1. The second kappa shape index (κ2) is 16.7. The second-order valence-electron chi connectivity index (χ2n) is 19.4. The second-order valence-corrected chi connectivity index (χ2v) is 19.4. The smallest absolute Gasteiger partial charge is 0.407 e. The maximum atomic E-state index is 14.3. The summed E-state index contributed by atoms with van der Waals surface area (Å²) >= 11 is 0. The zero-order chi connectivity index (χ0) is 44.3. The molecule has 2 aliphatic carbocycles. The van der Waals surface area contributed by atoms with Gasteiger partial charge in [0.1, 0.15) is 23.7 Å². The Bertz CT molecular complexity index is 2210. The van der Waals surface area contributed by atoms with Crippen molar-refractivity contribution in [3.63, 3.8) is 0 Å². The van der Waals surface area contributed by atoms with E-state index in [4.69, 9.17) is 28.9 Å². The molecule has 2 aromatic carbocycles. The van der Waals surface area contributed by atoms with Crippen LogP contribution < -0.4 is 10.6 Å². The minimum atomic E-state index is -0.663. The molecule has 2 spiro atoms. The van der Waals surface area contributed by atoms with Gasteiger partial charge >= 0.3 is 12.2 Å². The molecule has 4 N–H and O–H groups in total. The molecule has 10 rings (SSSR count). The topological polar surface area (TPSA) is 193 Å². The highest BCUT2D eigenvalue weighted by atomic mass is 16.5. The van der Waals surface area contributed by atoms with Crippen molar-refractivity contribution in [3.05, 3.63) is 72.6 Å². The minimum absolute atomic E-state index is 0.00350. The van der Waals surface area contributed by atoms with Crippen LogP contribution in [-0.2, 0) is 28.5 Å². The number of rotatable bonds is 11. The number of nitrogens with one attached hydrogen (secondary N) is 4. The zero-order valence-corrected chi connectivity index (χ0v) is 36.9. The SMILES string of the molecule is COC(=O)N[C@H](C(=O)N1[C@@H](C)CC[C@H]1c1ncc(-c2ccc(-c3ccc(-c4cnc([C@@H]5CC[C@H](C)N5C(=O)[C@@H](NC(=O)OC)C5CC6(COC6)C5)[nH]4)cc3)cc2)[nH]1)C1CC2(COC2)C1. The van der Waals surface area contributed by atoms with E-state index in [2.05, 4.69) is 83.0 Å². The first-order valence-electron chi connectivity index (χ1n) is 22.8. The van der Waals surface area contributed by atoms with Crippen LogP contribution in [0, 0.1) is 22.7 Å². The number of imidazole rings is 2. The highest BCUT2D eigenvalue weighted by molar-refractivity contribution is 5.88. The summed E-state index contributed by atoms with van der Waals surface area (Å²) in [6, 6.07) is 14.8. The number of ether oxygens (including phenoxy) is 4. The van der Waals surface area contributed by atoms with Crippen LogP contribution in [0.25, 0.3) is 33.6 Å². The summed E-state index contributed by atoms with van der Waals surface area (Å²) in [5.74, 6) is 1.35. The maximum absolute atomic E-state index is 14.3. The van der Waals surface area contributed by atoms with Crippen molar-refractivity contribution in [1.29, 1.82) is 0 Å². The number of methoxy groups -OCH3 is 2. The predicted molar refractivity (Wildman–Crippen MR) is 234 cm³/mol. The highest BCUT2D eigenvalue weighted by Gasteiger charge is 2.56. The molecule has 2 saturated carbocycles. The van der Waals surface area contributed by atoms with Crippen molar-refractivity contribution < 1.29 is 38.1 Å². The molecule has 4 saturated heterocycles. The van der Waals surface area contributed by atoms with Crippen molar-refractivity contribution in [3.8, 4) is 33.6 Å². The van der Waals surface area contributed by atoms with E-state index >= 15 is 0 Å². The average molecular weight is 875 g/mol. The first-order chi connectivity index (χ1) is 31.0. The number of amides is 4. The normalized spacial score (nSPS) is 26.3. The summed E-state index contributed by atoms with van der Waals surface area (Å²) < 4.78 is 20.8. The van der Waals surface area contributed by atoms with E-state index in [-0.39, 0.29) is 58.6 Å². The summed E-state index contributed by atoms with van der Waals surface area (Å²) in [5, 5.41) is 5.73. The Morgan fingerprint density at radius 3 is 1.30 bits per heavy atom. The van der Waals surface area contributed by atoms with E-state index in [0.29, 0.717) is 26.4 Å². The van der Waals surface area contributed by atoms with Crippen LogP contribution in [0.15, 0.2) is 60.9 Å². The number of carbonyl (C=O) groups excluding carboxylic acids is 4. The van der Waals surface area contributed by atoms with E-state index in [0.717, 1.165) is 96.7 Å². The lowest BCUT2D eigenvalue weighted by Gasteiger charge is -2.55. The third-order valence-electron chi connectivity index (χ3n) is 15.2. The van der Waals surface area contributed by atoms with Crippen LogP contribution in [0.1, 0.15) is 88.9 Å². The number of nitrogens with zero attached hydrogens (tertiary/aromatic N) is 4. The maximum Gasteiger partial charge on any atom is 0.407 e. The molecule has 16 nitrogen and oxygen atoms in total. The molecule has 16 heteroatoms. The van der Waals surface area contributed by atoms with Crippen molar-refractivity contribution in [1.82, 2.24) is 40.4 Å². The minimum Gasteiger partial charge on any atom is -0.453 e. The Morgan fingerprint density at radius 2 is 0.969 bits per heavy atom. The summed E-state index contributed by atoms with van der Waals surface area (Å²) in [6.07, 6.45) is 9.06. The molecule has 6 fully saturated rings. The third kappa shape index (κ3) is 7.61. The fourth-order valence-electron chi connectivity index (χ4n) is 11.5. The molecule has 64 heavy (non-hydrogen) atoms. The average Bonchev–Trinajstić information content (AvgIpc) is 4.07. The Morgan fingerprint density at radius 1 is 0.609 bits per heavy atom. The van der Waals surface area contributed by atoms with Crippen LogP contribution >= 0.6 is 0 Å². The van der Waals surface area contributed by atoms with E-state index in [1.165, 1.54) is 14.2 Å². The van der Waals surface area contributed by atoms with Crippen LogP contribution in [0.3, 0.4) is 0 Å². The third-order valence-corrected chi connectivity index (χ3v) is 15.2. The van der Waals surface area contributed by atoms with Gasteiger partial charge in [-0.25, -0.2) is 19.6 Å². The Hall–Kier alpha value is -5.74. The molecule has 0 unspecified atom stereocenters. The van der Waals surface area contributed by atoms with Gasteiger partial charge in [0.15, 0.2) is 0 Å². The lowest BCUT2D eigenvalue weighted by atomic mass is 9.58. The monoisotopic (exact) mass is 874 g/mol. The quantitative estimate of drug-likeness (QED) is 0.129. The van der Waals surface area contributed by atoms with Gasteiger partial charge in [-0.1, -0.05) is 48.5 Å². The molecule has 2 aromatic heterocycles. The molecule has 4 aliphatic heterocycles.